The van der Waals surface area contributed by atoms with Gasteiger partial charge in [0.05, 0.1) is 0 Å². The number of alkyl halides is 1. The summed E-state index contributed by atoms with van der Waals surface area (Å²) in [5.41, 5.74) is 2.38. The Morgan fingerprint density at radius 1 is 1.44 bits per heavy atom. The molecule has 96 valence electrons. The molecule has 1 aromatic carbocycles. The molecule has 0 heterocycles. The van der Waals surface area contributed by atoms with Crippen LogP contribution in [0.25, 0.3) is 6.08 Å². The van der Waals surface area contributed by atoms with Crippen molar-refractivity contribution in [3.63, 3.8) is 0 Å². The van der Waals surface area contributed by atoms with Crippen LogP contribution in [0, 0.1) is 0 Å². The van der Waals surface area contributed by atoms with Crippen LogP contribution in [0.1, 0.15) is 35.9 Å². The Bertz CT molecular complexity index is 492. The van der Waals surface area contributed by atoms with Gasteiger partial charge < -0.3 is 5.11 Å². The van der Waals surface area contributed by atoms with E-state index in [4.69, 9.17) is 16.7 Å². The average molecular weight is 267 g/mol. The van der Waals surface area contributed by atoms with E-state index < -0.39 is 11.3 Å². The summed E-state index contributed by atoms with van der Waals surface area (Å²) >= 11 is 6.03. The lowest BCUT2D eigenvalue weighted by Gasteiger charge is -2.11. The maximum absolute atomic E-state index is 11.3. The molecule has 0 bridgehead atoms. The molecule has 0 saturated heterocycles. The minimum absolute atomic E-state index is 0.161. The molecule has 4 heteroatoms. The Morgan fingerprint density at radius 3 is 2.61 bits per heavy atom. The number of halogens is 1. The molecule has 1 atom stereocenters. The molecular formula is C14H15ClO3. The van der Waals surface area contributed by atoms with Crippen molar-refractivity contribution in [3.8, 4) is 0 Å². The summed E-state index contributed by atoms with van der Waals surface area (Å²) in [6, 6.07) is 5.53. The number of hydrogen-bond donors (Lipinski definition) is 1. The molecule has 0 aliphatic carbocycles. The number of hydrogen-bond acceptors (Lipinski definition) is 2. The standard InChI is InChI=1S/C14H15ClO3/c1-3-10-4-6-12(14(15)9(2)16)11(8-10)5-7-13(17)18/h4-8,14H,3H2,1-2H3,(H,17,18). The van der Waals surface area contributed by atoms with E-state index in [1.54, 1.807) is 6.07 Å². The number of ketones is 1. The minimum atomic E-state index is -1.03. The third-order valence-corrected chi connectivity index (χ3v) is 3.14. The third-order valence-electron chi connectivity index (χ3n) is 2.59. The number of aliphatic carboxylic acids is 1. The Kier molecular flexibility index (Phi) is 5.10. The highest BCUT2D eigenvalue weighted by Crippen LogP contribution is 2.27. The molecule has 0 saturated carbocycles. The normalized spacial score (nSPS) is 12.6. The second-order valence-corrected chi connectivity index (χ2v) is 4.40. The smallest absolute Gasteiger partial charge is 0.328 e. The minimum Gasteiger partial charge on any atom is -0.478 e. The van der Waals surface area contributed by atoms with Crippen molar-refractivity contribution in [2.45, 2.75) is 25.6 Å². The Balaban J connectivity index is 3.24. The maximum atomic E-state index is 11.3. The number of carbonyl (C=O) groups excluding carboxylic acids is 1. The zero-order chi connectivity index (χ0) is 13.7. The Labute approximate surface area is 111 Å². The summed E-state index contributed by atoms with van der Waals surface area (Å²) in [5, 5.41) is 7.91. The van der Waals surface area contributed by atoms with Crippen molar-refractivity contribution < 1.29 is 14.7 Å². The van der Waals surface area contributed by atoms with Gasteiger partial charge in [-0.15, -0.1) is 11.6 Å². The summed E-state index contributed by atoms with van der Waals surface area (Å²) in [7, 11) is 0. The van der Waals surface area contributed by atoms with Crippen molar-refractivity contribution in [3.05, 3.63) is 41.0 Å². The molecule has 1 rings (SSSR count). The first kappa shape index (κ1) is 14.5. The molecule has 18 heavy (non-hydrogen) atoms. The molecule has 0 radical (unpaired) electrons. The molecule has 0 aliphatic heterocycles. The lowest BCUT2D eigenvalue weighted by molar-refractivity contribution is -0.131. The van der Waals surface area contributed by atoms with Gasteiger partial charge in [0.1, 0.15) is 5.38 Å². The first-order chi connectivity index (χ1) is 8.45. The molecule has 1 N–H and O–H groups in total. The molecule has 1 unspecified atom stereocenters. The summed E-state index contributed by atoms with van der Waals surface area (Å²) in [6.07, 6.45) is 3.35. The average Bonchev–Trinajstić information content (AvgIpc) is 2.34. The topological polar surface area (TPSA) is 54.4 Å². The van der Waals surface area contributed by atoms with E-state index in [1.807, 2.05) is 19.1 Å². The Hall–Kier alpha value is -1.61. The summed E-state index contributed by atoms with van der Waals surface area (Å²) in [4.78, 5) is 21.9. The van der Waals surface area contributed by atoms with Gasteiger partial charge >= 0.3 is 5.97 Å². The van der Waals surface area contributed by atoms with Crippen LogP contribution in [0.5, 0.6) is 0 Å². The summed E-state index contributed by atoms with van der Waals surface area (Å²) in [6.45, 7) is 3.42. The molecule has 0 spiro atoms. The first-order valence-corrected chi connectivity index (χ1v) is 6.07. The molecule has 0 fully saturated rings. The van der Waals surface area contributed by atoms with Crippen LogP contribution in [0.4, 0.5) is 0 Å². The molecule has 0 aromatic heterocycles. The second kappa shape index (κ2) is 6.36. The van der Waals surface area contributed by atoms with Crippen LogP contribution in [-0.4, -0.2) is 16.9 Å². The van der Waals surface area contributed by atoms with Gasteiger partial charge in [-0.1, -0.05) is 25.1 Å². The number of rotatable bonds is 5. The highest BCUT2D eigenvalue weighted by atomic mass is 35.5. The quantitative estimate of drug-likeness (QED) is 0.658. The van der Waals surface area contributed by atoms with Crippen molar-refractivity contribution in [1.29, 1.82) is 0 Å². The van der Waals surface area contributed by atoms with Gasteiger partial charge in [-0.3, -0.25) is 4.79 Å². The number of carbonyl (C=O) groups is 2. The highest BCUT2D eigenvalue weighted by Gasteiger charge is 2.16. The zero-order valence-electron chi connectivity index (χ0n) is 10.3. The largest absolute Gasteiger partial charge is 0.478 e. The van der Waals surface area contributed by atoms with E-state index >= 15 is 0 Å². The van der Waals surface area contributed by atoms with E-state index in [-0.39, 0.29) is 5.78 Å². The number of benzene rings is 1. The van der Waals surface area contributed by atoms with Crippen LogP contribution in [0.3, 0.4) is 0 Å². The van der Waals surface area contributed by atoms with Crippen LogP contribution in [0.2, 0.25) is 0 Å². The van der Waals surface area contributed by atoms with Crippen molar-refractivity contribution in [1.82, 2.24) is 0 Å². The highest BCUT2D eigenvalue weighted by molar-refractivity contribution is 6.31. The summed E-state index contributed by atoms with van der Waals surface area (Å²) < 4.78 is 0. The van der Waals surface area contributed by atoms with Crippen LogP contribution >= 0.6 is 11.6 Å². The van der Waals surface area contributed by atoms with Gasteiger partial charge in [-0.2, -0.15) is 0 Å². The maximum Gasteiger partial charge on any atom is 0.328 e. The van der Waals surface area contributed by atoms with Gasteiger partial charge in [-0.05, 0) is 36.1 Å². The first-order valence-electron chi connectivity index (χ1n) is 5.64. The molecular weight excluding hydrogens is 252 g/mol. The fourth-order valence-corrected chi connectivity index (χ4v) is 1.80. The number of carboxylic acid groups (broad SMARTS) is 1. The van der Waals surface area contributed by atoms with E-state index in [9.17, 15) is 9.59 Å². The van der Waals surface area contributed by atoms with E-state index in [0.717, 1.165) is 18.1 Å². The fourth-order valence-electron chi connectivity index (χ4n) is 1.60. The monoisotopic (exact) mass is 266 g/mol. The predicted octanol–water partition coefficient (Wildman–Crippen LogP) is 3.22. The predicted molar refractivity (Wildman–Crippen MR) is 71.8 cm³/mol. The molecule has 1 aromatic rings. The van der Waals surface area contributed by atoms with Crippen LogP contribution < -0.4 is 0 Å². The number of Topliss-reactive ketones (excluding diaryl/α,β-unsaturated/α-hetero) is 1. The third kappa shape index (κ3) is 3.70. The van der Waals surface area contributed by atoms with Gasteiger partial charge in [-0.25, -0.2) is 4.79 Å². The lowest BCUT2D eigenvalue weighted by Crippen LogP contribution is -2.04. The molecule has 0 aliphatic rings. The summed E-state index contributed by atoms with van der Waals surface area (Å²) in [5.74, 6) is -1.19. The van der Waals surface area contributed by atoms with Crippen molar-refractivity contribution in [2.24, 2.45) is 0 Å². The van der Waals surface area contributed by atoms with E-state index in [2.05, 4.69) is 0 Å². The fraction of sp³-hybridized carbons (Fsp3) is 0.286. The van der Waals surface area contributed by atoms with Crippen LogP contribution in [0.15, 0.2) is 24.3 Å². The second-order valence-electron chi connectivity index (χ2n) is 3.96. The van der Waals surface area contributed by atoms with Crippen molar-refractivity contribution in [2.75, 3.05) is 0 Å². The van der Waals surface area contributed by atoms with Gasteiger partial charge in [0.25, 0.3) is 0 Å². The number of aryl methyl sites for hydroxylation is 1. The molecule has 3 nitrogen and oxygen atoms in total. The van der Waals surface area contributed by atoms with E-state index in [0.29, 0.717) is 11.1 Å². The van der Waals surface area contributed by atoms with Gasteiger partial charge in [0.2, 0.25) is 0 Å². The zero-order valence-corrected chi connectivity index (χ0v) is 11.1. The van der Waals surface area contributed by atoms with Crippen LogP contribution in [-0.2, 0) is 16.0 Å². The van der Waals surface area contributed by atoms with Crippen molar-refractivity contribution >= 4 is 29.4 Å². The number of carboxylic acids is 1. The molecule has 0 amide bonds. The Morgan fingerprint density at radius 2 is 2.11 bits per heavy atom. The van der Waals surface area contributed by atoms with Gasteiger partial charge in [0, 0.05) is 6.08 Å². The SMILES string of the molecule is CCc1ccc(C(Cl)C(C)=O)c(C=CC(=O)O)c1. The van der Waals surface area contributed by atoms with E-state index in [1.165, 1.54) is 13.0 Å². The van der Waals surface area contributed by atoms with Gasteiger partial charge in [0.15, 0.2) is 5.78 Å². The lowest BCUT2D eigenvalue weighted by atomic mass is 9.98.